The van der Waals surface area contributed by atoms with E-state index >= 15 is 0 Å². The van der Waals surface area contributed by atoms with Crippen LogP contribution < -0.4 is 14.8 Å². The fourth-order valence-corrected chi connectivity index (χ4v) is 5.20. The zero-order chi connectivity index (χ0) is 23.3. The maximum Gasteiger partial charge on any atom is 0.240 e. The summed E-state index contributed by atoms with van der Waals surface area (Å²) in [6.45, 7) is 5.68. The fourth-order valence-electron chi connectivity index (χ4n) is 3.90. The van der Waals surface area contributed by atoms with Crippen molar-refractivity contribution in [2.75, 3.05) is 0 Å². The number of sulfonamides is 1. The molecule has 1 atom stereocenters. The lowest BCUT2D eigenvalue weighted by molar-refractivity contribution is -0.126. The van der Waals surface area contributed by atoms with Crippen LogP contribution >= 0.6 is 0 Å². The Labute approximate surface area is 189 Å². The predicted molar refractivity (Wildman–Crippen MR) is 121 cm³/mol. The van der Waals surface area contributed by atoms with E-state index in [1.165, 1.54) is 24.3 Å². The van der Waals surface area contributed by atoms with E-state index in [1.54, 1.807) is 24.3 Å². The quantitative estimate of drug-likeness (QED) is 0.612. The Bertz CT molecular complexity index is 999. The zero-order valence-electron chi connectivity index (χ0n) is 18.7. The van der Waals surface area contributed by atoms with Crippen LogP contribution in [0.2, 0.25) is 0 Å². The molecule has 1 fully saturated rings. The van der Waals surface area contributed by atoms with Gasteiger partial charge in [0.1, 0.15) is 11.6 Å². The minimum absolute atomic E-state index is 0.0154. The minimum atomic E-state index is -3.64. The molecule has 6 nitrogen and oxygen atoms in total. The lowest BCUT2D eigenvalue weighted by Gasteiger charge is -2.29. The van der Waals surface area contributed by atoms with Gasteiger partial charge in [-0.3, -0.25) is 4.79 Å². The molecule has 1 aliphatic carbocycles. The summed E-state index contributed by atoms with van der Waals surface area (Å²) in [5.74, 6) is 0.100. The summed E-state index contributed by atoms with van der Waals surface area (Å²) < 4.78 is 46.8. The molecule has 0 bridgehead atoms. The van der Waals surface area contributed by atoms with E-state index < -0.39 is 10.0 Å². The van der Waals surface area contributed by atoms with Crippen molar-refractivity contribution in [3.8, 4) is 5.75 Å². The highest BCUT2D eigenvalue weighted by Crippen LogP contribution is 2.27. The van der Waals surface area contributed by atoms with Gasteiger partial charge in [0.2, 0.25) is 15.9 Å². The molecule has 1 saturated carbocycles. The van der Waals surface area contributed by atoms with Gasteiger partial charge in [0.25, 0.3) is 0 Å². The van der Waals surface area contributed by atoms with Crippen molar-refractivity contribution < 1.29 is 22.3 Å². The van der Waals surface area contributed by atoms with E-state index in [4.69, 9.17) is 4.74 Å². The number of amides is 1. The van der Waals surface area contributed by atoms with Crippen LogP contribution in [0.15, 0.2) is 53.4 Å². The molecule has 3 rings (SSSR count). The van der Waals surface area contributed by atoms with Crippen LogP contribution in [0.3, 0.4) is 0 Å². The van der Waals surface area contributed by atoms with Gasteiger partial charge in [-0.1, -0.05) is 12.1 Å². The molecule has 174 valence electrons. The first-order chi connectivity index (χ1) is 15.1. The number of halogens is 1. The molecule has 0 unspecified atom stereocenters. The lowest BCUT2D eigenvalue weighted by atomic mass is 9.85. The summed E-state index contributed by atoms with van der Waals surface area (Å²) in [6.07, 6.45) is 2.42. The number of hydrogen-bond donors (Lipinski definition) is 2. The third-order valence-corrected chi connectivity index (χ3v) is 7.19. The van der Waals surface area contributed by atoms with Gasteiger partial charge in [0.15, 0.2) is 0 Å². The molecular weight excluding hydrogens is 431 g/mol. The summed E-state index contributed by atoms with van der Waals surface area (Å²) in [6, 6.07) is 12.0. The first-order valence-electron chi connectivity index (χ1n) is 11.0. The maximum absolute atomic E-state index is 13.1. The van der Waals surface area contributed by atoms with E-state index in [9.17, 15) is 17.6 Å². The van der Waals surface area contributed by atoms with Gasteiger partial charge in [0.05, 0.1) is 17.0 Å². The van der Waals surface area contributed by atoms with Crippen LogP contribution in [-0.2, 0) is 14.8 Å². The zero-order valence-corrected chi connectivity index (χ0v) is 19.5. The molecule has 1 amide bonds. The smallest absolute Gasteiger partial charge is 0.240 e. The maximum atomic E-state index is 13.1. The van der Waals surface area contributed by atoms with Gasteiger partial charge in [-0.05, 0) is 88.4 Å². The molecule has 32 heavy (non-hydrogen) atoms. The number of nitrogens with one attached hydrogen (secondary N) is 2. The summed E-state index contributed by atoms with van der Waals surface area (Å²) in [5.41, 5.74) is 0.839. The third kappa shape index (κ3) is 6.53. The largest absolute Gasteiger partial charge is 0.491 e. The Kier molecular flexibility index (Phi) is 7.90. The molecule has 0 saturated heterocycles. The van der Waals surface area contributed by atoms with Crippen LogP contribution in [0.25, 0.3) is 0 Å². The molecule has 0 aromatic heterocycles. The first kappa shape index (κ1) is 24.2. The molecule has 2 aromatic carbocycles. The van der Waals surface area contributed by atoms with E-state index in [0.29, 0.717) is 31.4 Å². The topological polar surface area (TPSA) is 84.5 Å². The SMILES string of the molecule is CC(C)Oc1ccc(S(=O)(=O)NC2CCC(C(=O)N[C@H](C)c3ccc(F)cc3)CC2)cc1. The molecular formula is C24H31FN2O4S. The van der Waals surface area contributed by atoms with Crippen molar-refractivity contribution >= 4 is 15.9 Å². The van der Waals surface area contributed by atoms with Gasteiger partial charge in [-0.25, -0.2) is 17.5 Å². The van der Waals surface area contributed by atoms with Crippen LogP contribution in [0.1, 0.15) is 58.1 Å². The molecule has 0 aliphatic heterocycles. The van der Waals surface area contributed by atoms with Crippen molar-refractivity contribution in [2.24, 2.45) is 5.92 Å². The number of hydrogen-bond acceptors (Lipinski definition) is 4. The van der Waals surface area contributed by atoms with E-state index in [1.807, 2.05) is 20.8 Å². The number of carbonyl (C=O) groups is 1. The van der Waals surface area contributed by atoms with Crippen LogP contribution in [0.5, 0.6) is 5.75 Å². The minimum Gasteiger partial charge on any atom is -0.491 e. The molecule has 2 aromatic rings. The van der Waals surface area contributed by atoms with E-state index in [-0.39, 0.29) is 40.7 Å². The second kappa shape index (κ2) is 10.4. The summed E-state index contributed by atoms with van der Waals surface area (Å²) in [4.78, 5) is 12.8. The Morgan fingerprint density at radius 1 is 0.969 bits per heavy atom. The third-order valence-electron chi connectivity index (χ3n) is 5.65. The Morgan fingerprint density at radius 3 is 2.12 bits per heavy atom. The van der Waals surface area contributed by atoms with Gasteiger partial charge in [-0.2, -0.15) is 0 Å². The van der Waals surface area contributed by atoms with E-state index in [0.717, 1.165) is 5.56 Å². The number of ether oxygens (including phenoxy) is 1. The van der Waals surface area contributed by atoms with Crippen molar-refractivity contribution in [1.82, 2.24) is 10.0 Å². The highest BCUT2D eigenvalue weighted by Gasteiger charge is 2.29. The molecule has 1 aliphatic rings. The molecule has 0 spiro atoms. The van der Waals surface area contributed by atoms with Crippen molar-refractivity contribution in [2.45, 2.75) is 69.5 Å². The highest BCUT2D eigenvalue weighted by atomic mass is 32.2. The Morgan fingerprint density at radius 2 is 1.56 bits per heavy atom. The Balaban J connectivity index is 1.50. The normalized spacial score (nSPS) is 20.0. The fraction of sp³-hybridized carbons (Fsp3) is 0.458. The average Bonchev–Trinajstić information content (AvgIpc) is 2.74. The molecule has 8 heteroatoms. The van der Waals surface area contributed by atoms with Crippen LogP contribution in [0, 0.1) is 11.7 Å². The standard InChI is InChI=1S/C24H31FN2O4S/c1-16(2)31-22-12-14-23(15-13-22)32(29,30)27-21-10-6-19(7-11-21)24(28)26-17(3)18-4-8-20(25)9-5-18/h4-5,8-9,12-17,19,21,27H,6-7,10-11H2,1-3H3,(H,26,28)/t17-,19?,21?/m1/s1. The lowest BCUT2D eigenvalue weighted by Crippen LogP contribution is -2.41. The average molecular weight is 463 g/mol. The van der Waals surface area contributed by atoms with Crippen molar-refractivity contribution in [1.29, 1.82) is 0 Å². The second-order valence-electron chi connectivity index (χ2n) is 8.59. The van der Waals surface area contributed by atoms with E-state index in [2.05, 4.69) is 10.0 Å². The summed E-state index contributed by atoms with van der Waals surface area (Å²) in [7, 11) is -3.64. The van der Waals surface area contributed by atoms with Gasteiger partial charge in [0, 0.05) is 12.0 Å². The highest BCUT2D eigenvalue weighted by molar-refractivity contribution is 7.89. The molecule has 2 N–H and O–H groups in total. The first-order valence-corrected chi connectivity index (χ1v) is 12.5. The Hall–Kier alpha value is -2.45. The summed E-state index contributed by atoms with van der Waals surface area (Å²) >= 11 is 0. The van der Waals surface area contributed by atoms with Crippen molar-refractivity contribution in [3.05, 3.63) is 59.9 Å². The van der Waals surface area contributed by atoms with Crippen LogP contribution in [-0.4, -0.2) is 26.5 Å². The molecule has 0 radical (unpaired) electrons. The monoisotopic (exact) mass is 462 g/mol. The summed E-state index contributed by atoms with van der Waals surface area (Å²) in [5, 5.41) is 2.98. The van der Waals surface area contributed by atoms with Crippen LogP contribution in [0.4, 0.5) is 4.39 Å². The second-order valence-corrected chi connectivity index (χ2v) is 10.3. The van der Waals surface area contributed by atoms with Gasteiger partial charge in [-0.15, -0.1) is 0 Å². The number of carbonyl (C=O) groups excluding carboxylic acids is 1. The predicted octanol–water partition coefficient (Wildman–Crippen LogP) is 4.33. The number of benzene rings is 2. The molecule has 0 heterocycles. The van der Waals surface area contributed by atoms with Gasteiger partial charge < -0.3 is 10.1 Å². The number of rotatable bonds is 8. The van der Waals surface area contributed by atoms with Crippen molar-refractivity contribution in [3.63, 3.8) is 0 Å². The van der Waals surface area contributed by atoms with Gasteiger partial charge >= 0.3 is 0 Å².